The Morgan fingerprint density at radius 2 is 2.00 bits per heavy atom. The minimum absolute atomic E-state index is 0. The van der Waals surface area contributed by atoms with Crippen LogP contribution >= 0.6 is 24.0 Å². The fourth-order valence-corrected chi connectivity index (χ4v) is 3.82. The maximum absolute atomic E-state index is 12.6. The number of sulfonamides is 1. The van der Waals surface area contributed by atoms with E-state index in [9.17, 15) is 21.6 Å². The summed E-state index contributed by atoms with van der Waals surface area (Å²) in [4.78, 5) is 4.12. The highest BCUT2D eigenvalue weighted by molar-refractivity contribution is 14.0. The lowest BCUT2D eigenvalue weighted by Gasteiger charge is -2.32. The summed E-state index contributed by atoms with van der Waals surface area (Å²) < 4.78 is 63.0. The van der Waals surface area contributed by atoms with Gasteiger partial charge in [0, 0.05) is 51.7 Å². The lowest BCUT2D eigenvalue weighted by atomic mass is 10.1. The molecule has 28 heavy (non-hydrogen) atoms. The first-order chi connectivity index (χ1) is 12.6. The second-order valence-corrected chi connectivity index (χ2v) is 8.48. The maximum Gasteiger partial charge on any atom is 0.511 e. The summed E-state index contributed by atoms with van der Waals surface area (Å²) >= 11 is 0. The molecule has 0 saturated carbocycles. The molecule has 1 unspecified atom stereocenters. The van der Waals surface area contributed by atoms with Crippen LogP contribution in [0.1, 0.15) is 19.8 Å². The van der Waals surface area contributed by atoms with Crippen LogP contribution in [0.2, 0.25) is 0 Å². The van der Waals surface area contributed by atoms with Gasteiger partial charge in [-0.2, -0.15) is 22.6 Å². The second-order valence-electron chi connectivity index (χ2n) is 6.55. The van der Waals surface area contributed by atoms with Gasteiger partial charge in [-0.3, -0.25) is 9.67 Å². The monoisotopic (exact) mass is 538 g/mol. The predicted molar refractivity (Wildman–Crippen MR) is 111 cm³/mol. The molecular formula is C15H26F3IN6O2S. The zero-order valence-corrected chi connectivity index (χ0v) is 18.8. The first-order valence-corrected chi connectivity index (χ1v) is 10.1. The molecule has 1 fully saturated rings. The molecule has 0 amide bonds. The molecule has 1 saturated heterocycles. The van der Waals surface area contributed by atoms with Crippen LogP contribution in [0.25, 0.3) is 0 Å². The van der Waals surface area contributed by atoms with Crippen molar-refractivity contribution in [2.45, 2.75) is 37.9 Å². The standard InChI is InChI=1S/C15H25F3N6O2S.HI/c1-12(11-23-7-3-6-21-23)10-20-14(19-2)22-13-4-8-24(9-5-13)27(25,26)15(16,17)18;/h3,6-7,12-13H,4-5,8-11H2,1-2H3,(H2,19,20,22);1H. The number of alkyl halides is 3. The summed E-state index contributed by atoms with van der Waals surface area (Å²) in [5.74, 6) is 0.821. The van der Waals surface area contributed by atoms with Gasteiger partial charge in [0.1, 0.15) is 0 Å². The van der Waals surface area contributed by atoms with E-state index in [4.69, 9.17) is 0 Å². The van der Waals surface area contributed by atoms with E-state index >= 15 is 0 Å². The van der Waals surface area contributed by atoms with Gasteiger partial charge in [0.2, 0.25) is 0 Å². The number of halogens is 4. The molecule has 13 heteroatoms. The van der Waals surface area contributed by atoms with Crippen molar-refractivity contribution >= 4 is 40.0 Å². The highest BCUT2D eigenvalue weighted by Crippen LogP contribution is 2.28. The molecule has 1 atom stereocenters. The average Bonchev–Trinajstić information content (AvgIpc) is 3.11. The first-order valence-electron chi connectivity index (χ1n) is 8.64. The number of aromatic nitrogens is 2. The van der Waals surface area contributed by atoms with Gasteiger partial charge in [-0.1, -0.05) is 6.92 Å². The fraction of sp³-hybridized carbons (Fsp3) is 0.733. The molecular weight excluding hydrogens is 512 g/mol. The highest BCUT2D eigenvalue weighted by Gasteiger charge is 2.50. The van der Waals surface area contributed by atoms with Gasteiger partial charge in [0.15, 0.2) is 5.96 Å². The van der Waals surface area contributed by atoms with Crippen molar-refractivity contribution < 1.29 is 21.6 Å². The smallest absolute Gasteiger partial charge is 0.356 e. The fourth-order valence-electron chi connectivity index (χ4n) is 2.84. The highest BCUT2D eigenvalue weighted by atomic mass is 127. The van der Waals surface area contributed by atoms with Gasteiger partial charge in [0.05, 0.1) is 0 Å². The topological polar surface area (TPSA) is 91.6 Å². The van der Waals surface area contributed by atoms with Crippen LogP contribution in [0.4, 0.5) is 13.2 Å². The Hall–Kier alpha value is -1.09. The number of rotatable bonds is 6. The molecule has 0 aliphatic carbocycles. The van der Waals surface area contributed by atoms with Gasteiger partial charge < -0.3 is 10.6 Å². The van der Waals surface area contributed by atoms with Crippen LogP contribution in [0, 0.1) is 5.92 Å². The number of guanidine groups is 1. The minimum Gasteiger partial charge on any atom is -0.356 e. The Kier molecular flexibility index (Phi) is 9.46. The van der Waals surface area contributed by atoms with Crippen LogP contribution in [-0.2, 0) is 16.6 Å². The van der Waals surface area contributed by atoms with Gasteiger partial charge in [-0.05, 0) is 24.8 Å². The van der Waals surface area contributed by atoms with Crippen molar-refractivity contribution in [2.24, 2.45) is 10.9 Å². The van der Waals surface area contributed by atoms with Crippen LogP contribution in [-0.4, -0.2) is 66.7 Å². The van der Waals surface area contributed by atoms with E-state index in [1.807, 2.05) is 16.9 Å². The van der Waals surface area contributed by atoms with Crippen molar-refractivity contribution in [2.75, 3.05) is 26.7 Å². The van der Waals surface area contributed by atoms with Crippen LogP contribution in [0.5, 0.6) is 0 Å². The Bertz CT molecular complexity index is 719. The summed E-state index contributed by atoms with van der Waals surface area (Å²) in [5, 5.41) is 10.5. The molecule has 0 spiro atoms. The van der Waals surface area contributed by atoms with E-state index < -0.39 is 15.5 Å². The summed E-state index contributed by atoms with van der Waals surface area (Å²) in [6, 6.07) is 1.71. The van der Waals surface area contributed by atoms with Gasteiger partial charge in [0.25, 0.3) is 0 Å². The third-order valence-electron chi connectivity index (χ3n) is 4.33. The van der Waals surface area contributed by atoms with E-state index in [1.54, 1.807) is 13.2 Å². The quantitative estimate of drug-likeness (QED) is 0.327. The predicted octanol–water partition coefficient (Wildman–Crippen LogP) is 1.62. The molecule has 1 aliphatic heterocycles. The summed E-state index contributed by atoms with van der Waals surface area (Å²) in [5.41, 5.74) is -5.25. The molecule has 0 radical (unpaired) electrons. The summed E-state index contributed by atoms with van der Waals surface area (Å²) in [7, 11) is -3.64. The summed E-state index contributed by atoms with van der Waals surface area (Å²) in [6.07, 6.45) is 4.15. The average molecular weight is 538 g/mol. The molecule has 0 bridgehead atoms. The SMILES string of the molecule is CN=C(NCC(C)Cn1cccn1)NC1CCN(S(=O)(=O)C(F)(F)F)CC1.I. The number of piperidine rings is 1. The van der Waals surface area contributed by atoms with Crippen LogP contribution < -0.4 is 10.6 Å². The molecule has 1 aromatic heterocycles. The Balaban J connectivity index is 0.00000392. The van der Waals surface area contributed by atoms with E-state index in [1.165, 1.54) is 0 Å². The number of nitrogens with one attached hydrogen (secondary N) is 2. The zero-order chi connectivity index (χ0) is 20.1. The molecule has 2 N–H and O–H groups in total. The Morgan fingerprint density at radius 1 is 1.36 bits per heavy atom. The second kappa shape index (κ2) is 10.6. The maximum atomic E-state index is 12.6. The number of aliphatic imine (C=N–C) groups is 1. The van der Waals surface area contributed by atoms with Gasteiger partial charge in [-0.15, -0.1) is 24.0 Å². The largest absolute Gasteiger partial charge is 0.511 e. The van der Waals surface area contributed by atoms with Crippen LogP contribution in [0.15, 0.2) is 23.5 Å². The molecule has 0 aromatic carbocycles. The van der Waals surface area contributed by atoms with Crippen molar-refractivity contribution in [1.82, 2.24) is 24.7 Å². The molecule has 1 aliphatic rings. The number of hydrogen-bond acceptors (Lipinski definition) is 4. The lowest BCUT2D eigenvalue weighted by Crippen LogP contribution is -2.52. The molecule has 2 rings (SSSR count). The lowest BCUT2D eigenvalue weighted by molar-refractivity contribution is -0.0494. The third kappa shape index (κ3) is 6.76. The van der Waals surface area contributed by atoms with E-state index in [-0.39, 0.29) is 61.9 Å². The Morgan fingerprint density at radius 3 is 2.50 bits per heavy atom. The molecule has 1 aromatic rings. The third-order valence-corrected chi connectivity index (χ3v) is 5.96. The normalized spacial score (nSPS) is 18.4. The van der Waals surface area contributed by atoms with Gasteiger partial charge in [-0.25, -0.2) is 8.42 Å². The van der Waals surface area contributed by atoms with Gasteiger partial charge >= 0.3 is 15.5 Å². The van der Waals surface area contributed by atoms with Crippen molar-refractivity contribution in [1.29, 1.82) is 0 Å². The zero-order valence-electron chi connectivity index (χ0n) is 15.7. The molecule has 162 valence electrons. The van der Waals surface area contributed by atoms with Crippen molar-refractivity contribution in [3.05, 3.63) is 18.5 Å². The number of hydrogen-bond donors (Lipinski definition) is 2. The van der Waals surface area contributed by atoms with Crippen molar-refractivity contribution in [3.8, 4) is 0 Å². The van der Waals surface area contributed by atoms with E-state index in [0.717, 1.165) is 6.54 Å². The van der Waals surface area contributed by atoms with Crippen LogP contribution in [0.3, 0.4) is 0 Å². The molecule has 2 heterocycles. The molecule has 8 nitrogen and oxygen atoms in total. The van der Waals surface area contributed by atoms with E-state index in [0.29, 0.717) is 16.8 Å². The summed E-state index contributed by atoms with van der Waals surface area (Å²) in [6.45, 7) is 3.09. The van der Waals surface area contributed by atoms with E-state index in [2.05, 4.69) is 27.6 Å². The van der Waals surface area contributed by atoms with Crippen molar-refractivity contribution in [3.63, 3.8) is 0 Å². The minimum atomic E-state index is -5.25. The number of nitrogens with zero attached hydrogens (tertiary/aromatic N) is 4. The Labute approximate surface area is 180 Å². The first kappa shape index (κ1) is 24.9.